The number of amides is 1. The van der Waals surface area contributed by atoms with E-state index in [-0.39, 0.29) is 23.8 Å². The third kappa shape index (κ3) is 4.12. The number of carbonyl (C=O) groups excluding carboxylic acids is 2. The molecule has 3 N–H and O–H groups in total. The van der Waals surface area contributed by atoms with Gasteiger partial charge in [-0.25, -0.2) is 4.39 Å². The molecule has 0 unspecified atom stereocenters. The van der Waals surface area contributed by atoms with Gasteiger partial charge in [0.2, 0.25) is 0 Å². The Bertz CT molecular complexity index is 766. The molecule has 25 heavy (non-hydrogen) atoms. The molecule has 1 fully saturated rings. The third-order valence-electron chi connectivity index (χ3n) is 4.63. The minimum atomic E-state index is -0.405. The summed E-state index contributed by atoms with van der Waals surface area (Å²) >= 11 is 0. The average molecular weight is 340 g/mol. The van der Waals surface area contributed by atoms with Gasteiger partial charge in [0.1, 0.15) is 5.82 Å². The SMILES string of the molecule is NC1CCC(NC(=O)c2ccccc2C(=O)c2ccc(F)cc2)CC1. The van der Waals surface area contributed by atoms with E-state index in [1.54, 1.807) is 24.3 Å². The molecule has 2 aromatic rings. The molecule has 5 heteroatoms. The Morgan fingerprint density at radius 1 is 0.920 bits per heavy atom. The van der Waals surface area contributed by atoms with Crippen LogP contribution in [0.5, 0.6) is 0 Å². The Hall–Kier alpha value is -2.53. The van der Waals surface area contributed by atoms with Gasteiger partial charge >= 0.3 is 0 Å². The van der Waals surface area contributed by atoms with Crippen LogP contribution in [0.3, 0.4) is 0 Å². The van der Waals surface area contributed by atoms with Gasteiger partial charge < -0.3 is 11.1 Å². The van der Waals surface area contributed by atoms with Gasteiger partial charge in [0.05, 0.1) is 5.56 Å². The van der Waals surface area contributed by atoms with E-state index >= 15 is 0 Å². The smallest absolute Gasteiger partial charge is 0.252 e. The van der Waals surface area contributed by atoms with E-state index in [2.05, 4.69) is 5.32 Å². The Kier molecular flexibility index (Phi) is 5.24. The quantitative estimate of drug-likeness (QED) is 0.840. The number of nitrogens with two attached hydrogens (primary N) is 1. The summed E-state index contributed by atoms with van der Waals surface area (Å²) in [6.07, 6.45) is 3.48. The molecule has 0 aromatic heterocycles. The predicted molar refractivity (Wildman–Crippen MR) is 94.0 cm³/mol. The summed E-state index contributed by atoms with van der Waals surface area (Å²) in [5.74, 6) is -0.957. The molecule has 130 valence electrons. The van der Waals surface area contributed by atoms with Crippen molar-refractivity contribution in [2.45, 2.75) is 37.8 Å². The fourth-order valence-corrected chi connectivity index (χ4v) is 3.16. The number of halogens is 1. The number of hydrogen-bond acceptors (Lipinski definition) is 3. The van der Waals surface area contributed by atoms with Crippen molar-refractivity contribution in [2.24, 2.45) is 5.73 Å². The molecule has 1 aliphatic rings. The van der Waals surface area contributed by atoms with Gasteiger partial charge in [0.15, 0.2) is 5.78 Å². The van der Waals surface area contributed by atoms with E-state index in [9.17, 15) is 14.0 Å². The minimum absolute atomic E-state index is 0.0845. The zero-order valence-electron chi connectivity index (χ0n) is 13.9. The van der Waals surface area contributed by atoms with Crippen LogP contribution >= 0.6 is 0 Å². The highest BCUT2D eigenvalue weighted by Crippen LogP contribution is 2.19. The highest BCUT2D eigenvalue weighted by Gasteiger charge is 2.23. The topological polar surface area (TPSA) is 72.2 Å². The van der Waals surface area contributed by atoms with Crippen molar-refractivity contribution >= 4 is 11.7 Å². The first-order valence-electron chi connectivity index (χ1n) is 8.50. The Labute approximate surface area is 146 Å². The van der Waals surface area contributed by atoms with Gasteiger partial charge in [0.25, 0.3) is 5.91 Å². The molecule has 0 saturated heterocycles. The van der Waals surface area contributed by atoms with Crippen LogP contribution in [0.1, 0.15) is 52.0 Å². The lowest BCUT2D eigenvalue weighted by Crippen LogP contribution is -2.40. The summed E-state index contributed by atoms with van der Waals surface area (Å²) in [5.41, 5.74) is 6.90. The van der Waals surface area contributed by atoms with Crippen LogP contribution < -0.4 is 11.1 Å². The van der Waals surface area contributed by atoms with Gasteiger partial charge in [-0.2, -0.15) is 0 Å². The molecule has 0 atom stereocenters. The van der Waals surface area contributed by atoms with E-state index in [4.69, 9.17) is 5.73 Å². The third-order valence-corrected chi connectivity index (χ3v) is 4.63. The molecule has 0 bridgehead atoms. The second kappa shape index (κ2) is 7.57. The highest BCUT2D eigenvalue weighted by atomic mass is 19.1. The second-order valence-corrected chi connectivity index (χ2v) is 6.47. The van der Waals surface area contributed by atoms with Crippen molar-refractivity contribution in [2.75, 3.05) is 0 Å². The van der Waals surface area contributed by atoms with Gasteiger partial charge in [-0.1, -0.05) is 18.2 Å². The summed E-state index contributed by atoms with van der Waals surface area (Å²) in [6, 6.07) is 12.3. The number of nitrogens with one attached hydrogen (secondary N) is 1. The number of carbonyl (C=O) groups is 2. The lowest BCUT2D eigenvalue weighted by molar-refractivity contribution is 0.0916. The van der Waals surface area contributed by atoms with Crippen LogP contribution in [-0.2, 0) is 0 Å². The van der Waals surface area contributed by atoms with Crippen molar-refractivity contribution < 1.29 is 14.0 Å². The summed E-state index contributed by atoms with van der Waals surface area (Å²) in [5, 5.41) is 3.00. The molecule has 1 saturated carbocycles. The maximum atomic E-state index is 13.1. The van der Waals surface area contributed by atoms with E-state index in [1.807, 2.05) is 0 Å². The normalized spacial score (nSPS) is 20.1. The zero-order chi connectivity index (χ0) is 17.8. The van der Waals surface area contributed by atoms with E-state index in [1.165, 1.54) is 24.3 Å². The summed E-state index contributed by atoms with van der Waals surface area (Å²) < 4.78 is 13.1. The Morgan fingerprint density at radius 3 is 2.16 bits per heavy atom. The molecule has 0 radical (unpaired) electrons. The lowest BCUT2D eigenvalue weighted by atomic mass is 9.91. The lowest BCUT2D eigenvalue weighted by Gasteiger charge is -2.27. The first kappa shape index (κ1) is 17.3. The van der Waals surface area contributed by atoms with Crippen LogP contribution in [0.2, 0.25) is 0 Å². The summed E-state index contributed by atoms with van der Waals surface area (Å²) in [4.78, 5) is 25.3. The predicted octanol–water partition coefficient (Wildman–Crippen LogP) is 3.06. The largest absolute Gasteiger partial charge is 0.349 e. The summed E-state index contributed by atoms with van der Waals surface area (Å²) in [6.45, 7) is 0. The standard InChI is InChI=1S/C20H21FN2O2/c21-14-7-5-13(6-8-14)19(24)17-3-1-2-4-18(17)20(25)23-16-11-9-15(22)10-12-16/h1-8,15-16H,9-12,22H2,(H,23,25). The highest BCUT2D eigenvalue weighted by molar-refractivity contribution is 6.15. The molecular weight excluding hydrogens is 319 g/mol. The van der Waals surface area contributed by atoms with Gasteiger partial charge in [-0.05, 0) is 56.0 Å². The second-order valence-electron chi connectivity index (χ2n) is 6.47. The maximum Gasteiger partial charge on any atom is 0.252 e. The van der Waals surface area contributed by atoms with Crippen molar-refractivity contribution in [3.8, 4) is 0 Å². The number of rotatable bonds is 4. The first-order chi connectivity index (χ1) is 12.0. The first-order valence-corrected chi connectivity index (χ1v) is 8.50. The van der Waals surface area contributed by atoms with Crippen molar-refractivity contribution in [1.29, 1.82) is 0 Å². The number of hydrogen-bond donors (Lipinski definition) is 2. The van der Waals surface area contributed by atoms with E-state index in [0.717, 1.165) is 25.7 Å². The number of ketones is 1. The van der Waals surface area contributed by atoms with Crippen LogP contribution in [0.25, 0.3) is 0 Å². The van der Waals surface area contributed by atoms with Crippen molar-refractivity contribution in [3.05, 3.63) is 71.0 Å². The van der Waals surface area contributed by atoms with E-state index in [0.29, 0.717) is 16.7 Å². The van der Waals surface area contributed by atoms with Crippen LogP contribution in [-0.4, -0.2) is 23.8 Å². The fourth-order valence-electron chi connectivity index (χ4n) is 3.16. The molecule has 0 heterocycles. The molecule has 1 amide bonds. The maximum absolute atomic E-state index is 13.1. The molecule has 4 nitrogen and oxygen atoms in total. The Morgan fingerprint density at radius 2 is 1.52 bits per heavy atom. The molecule has 0 aliphatic heterocycles. The fraction of sp³-hybridized carbons (Fsp3) is 0.300. The van der Waals surface area contributed by atoms with Crippen LogP contribution in [0.4, 0.5) is 4.39 Å². The zero-order valence-corrected chi connectivity index (χ0v) is 13.9. The molecule has 1 aliphatic carbocycles. The van der Waals surface area contributed by atoms with Gasteiger partial charge in [0, 0.05) is 23.2 Å². The molecule has 2 aromatic carbocycles. The van der Waals surface area contributed by atoms with Gasteiger partial charge in [-0.3, -0.25) is 9.59 Å². The van der Waals surface area contributed by atoms with Crippen molar-refractivity contribution in [1.82, 2.24) is 5.32 Å². The molecule has 0 spiro atoms. The van der Waals surface area contributed by atoms with Crippen LogP contribution in [0.15, 0.2) is 48.5 Å². The van der Waals surface area contributed by atoms with Gasteiger partial charge in [-0.15, -0.1) is 0 Å². The number of benzene rings is 2. The summed E-state index contributed by atoms with van der Waals surface area (Å²) in [7, 11) is 0. The Balaban J connectivity index is 1.79. The minimum Gasteiger partial charge on any atom is -0.349 e. The van der Waals surface area contributed by atoms with E-state index < -0.39 is 5.82 Å². The monoisotopic (exact) mass is 340 g/mol. The molecular formula is C20H21FN2O2. The van der Waals surface area contributed by atoms with Crippen molar-refractivity contribution in [3.63, 3.8) is 0 Å². The van der Waals surface area contributed by atoms with Crippen LogP contribution in [0, 0.1) is 5.82 Å². The average Bonchev–Trinajstić information content (AvgIpc) is 2.63. The molecule has 3 rings (SSSR count).